The molecular weight excluding hydrogens is 350 g/mol. The van der Waals surface area contributed by atoms with Gasteiger partial charge in [0.2, 0.25) is 0 Å². The average molecular weight is 372 g/mol. The molecule has 2 aliphatic rings. The highest BCUT2D eigenvalue weighted by molar-refractivity contribution is 7.91. The number of carbonyl (C=O) groups excluding carboxylic acids is 1. The van der Waals surface area contributed by atoms with Crippen molar-refractivity contribution in [2.45, 2.75) is 31.7 Å². The van der Waals surface area contributed by atoms with Gasteiger partial charge in [0, 0.05) is 24.8 Å². The normalized spacial score (nSPS) is 23.0. The Morgan fingerprint density at radius 3 is 2.58 bits per heavy atom. The molecule has 0 aromatic heterocycles. The first-order chi connectivity index (χ1) is 11.4. The largest absolute Gasteiger partial charge is 0.370 e. The number of anilines is 2. The van der Waals surface area contributed by atoms with Gasteiger partial charge in [0.1, 0.15) is 0 Å². The Labute approximate surface area is 147 Å². The highest BCUT2D eigenvalue weighted by atomic mass is 35.5. The Balaban J connectivity index is 1.59. The highest BCUT2D eigenvalue weighted by Crippen LogP contribution is 2.30. The van der Waals surface area contributed by atoms with Gasteiger partial charge in [-0.2, -0.15) is 0 Å². The van der Waals surface area contributed by atoms with Crippen LogP contribution in [0.5, 0.6) is 0 Å². The SMILES string of the molecule is O=C(Nc1ccc(N2CCCCC2)c(Cl)c1)N[C@H]1CCS(=O)(=O)C1. The van der Waals surface area contributed by atoms with E-state index in [2.05, 4.69) is 15.5 Å². The predicted octanol–water partition coefficient (Wildman–Crippen LogP) is 2.64. The number of rotatable bonds is 3. The number of urea groups is 1. The minimum Gasteiger partial charge on any atom is -0.370 e. The summed E-state index contributed by atoms with van der Waals surface area (Å²) in [6.45, 7) is 2.01. The van der Waals surface area contributed by atoms with Gasteiger partial charge in [0.05, 0.1) is 22.2 Å². The first kappa shape index (κ1) is 17.4. The van der Waals surface area contributed by atoms with Gasteiger partial charge in [-0.1, -0.05) is 11.6 Å². The van der Waals surface area contributed by atoms with Gasteiger partial charge in [-0.3, -0.25) is 0 Å². The fourth-order valence-electron chi connectivity index (χ4n) is 3.24. The van der Waals surface area contributed by atoms with E-state index in [4.69, 9.17) is 11.6 Å². The molecule has 3 rings (SSSR count). The third-order valence-corrected chi connectivity index (χ3v) is 6.54. The molecule has 2 N–H and O–H groups in total. The lowest BCUT2D eigenvalue weighted by Gasteiger charge is -2.29. The summed E-state index contributed by atoms with van der Waals surface area (Å²) in [5, 5.41) is 6.03. The average Bonchev–Trinajstić information content (AvgIpc) is 2.87. The summed E-state index contributed by atoms with van der Waals surface area (Å²) >= 11 is 6.36. The zero-order chi connectivity index (χ0) is 17.2. The van der Waals surface area contributed by atoms with Gasteiger partial charge >= 0.3 is 6.03 Å². The maximum absolute atomic E-state index is 12.0. The van der Waals surface area contributed by atoms with E-state index in [1.807, 2.05) is 12.1 Å². The number of nitrogens with zero attached hydrogens (tertiary/aromatic N) is 1. The lowest BCUT2D eigenvalue weighted by Crippen LogP contribution is -2.38. The first-order valence-electron chi connectivity index (χ1n) is 8.25. The van der Waals surface area contributed by atoms with Crippen molar-refractivity contribution in [2.24, 2.45) is 0 Å². The van der Waals surface area contributed by atoms with Crippen molar-refractivity contribution in [3.05, 3.63) is 23.2 Å². The van der Waals surface area contributed by atoms with Crippen molar-refractivity contribution in [3.63, 3.8) is 0 Å². The molecule has 2 amide bonds. The quantitative estimate of drug-likeness (QED) is 0.856. The monoisotopic (exact) mass is 371 g/mol. The zero-order valence-electron chi connectivity index (χ0n) is 13.4. The van der Waals surface area contributed by atoms with E-state index in [-0.39, 0.29) is 17.5 Å². The van der Waals surface area contributed by atoms with Crippen molar-refractivity contribution >= 4 is 38.8 Å². The number of hydrogen-bond donors (Lipinski definition) is 2. The molecule has 24 heavy (non-hydrogen) atoms. The van der Waals surface area contributed by atoms with E-state index >= 15 is 0 Å². The van der Waals surface area contributed by atoms with E-state index in [1.54, 1.807) is 6.07 Å². The van der Waals surface area contributed by atoms with Crippen LogP contribution in [0.4, 0.5) is 16.2 Å². The summed E-state index contributed by atoms with van der Waals surface area (Å²) in [5.41, 5.74) is 1.59. The lowest BCUT2D eigenvalue weighted by molar-refractivity contribution is 0.249. The summed E-state index contributed by atoms with van der Waals surface area (Å²) in [5.74, 6) is 0.142. The van der Waals surface area contributed by atoms with Crippen molar-refractivity contribution in [2.75, 3.05) is 34.8 Å². The second-order valence-corrected chi connectivity index (χ2v) is 9.05. The van der Waals surface area contributed by atoms with Gasteiger partial charge in [-0.25, -0.2) is 13.2 Å². The molecule has 0 saturated carbocycles. The smallest absolute Gasteiger partial charge is 0.319 e. The maximum atomic E-state index is 12.0. The molecule has 0 bridgehead atoms. The second-order valence-electron chi connectivity index (χ2n) is 6.41. The number of benzene rings is 1. The van der Waals surface area contributed by atoms with Crippen molar-refractivity contribution in [1.82, 2.24) is 5.32 Å². The molecule has 6 nitrogen and oxygen atoms in total. The first-order valence-corrected chi connectivity index (χ1v) is 10.5. The van der Waals surface area contributed by atoms with Gasteiger partial charge in [-0.15, -0.1) is 0 Å². The summed E-state index contributed by atoms with van der Waals surface area (Å²) in [6, 6.07) is 4.75. The number of halogens is 1. The highest BCUT2D eigenvalue weighted by Gasteiger charge is 2.28. The Hall–Kier alpha value is -1.47. The van der Waals surface area contributed by atoms with Gasteiger partial charge in [-0.05, 0) is 43.9 Å². The van der Waals surface area contributed by atoms with Crippen LogP contribution in [-0.2, 0) is 9.84 Å². The van der Waals surface area contributed by atoms with E-state index in [0.717, 1.165) is 18.8 Å². The van der Waals surface area contributed by atoms with Crippen LogP contribution >= 0.6 is 11.6 Å². The molecule has 2 aliphatic heterocycles. The number of amides is 2. The van der Waals surface area contributed by atoms with E-state index in [1.165, 1.54) is 19.3 Å². The molecule has 0 radical (unpaired) electrons. The predicted molar refractivity (Wildman–Crippen MR) is 96.7 cm³/mol. The molecule has 132 valence electrons. The molecule has 0 unspecified atom stereocenters. The van der Waals surface area contributed by atoms with E-state index in [9.17, 15) is 13.2 Å². The lowest BCUT2D eigenvalue weighted by atomic mass is 10.1. The minimum atomic E-state index is -3.01. The maximum Gasteiger partial charge on any atom is 0.319 e. The molecular formula is C16H22ClN3O3S. The van der Waals surface area contributed by atoms with Crippen molar-refractivity contribution in [3.8, 4) is 0 Å². The molecule has 0 aliphatic carbocycles. The molecule has 1 aromatic carbocycles. The molecule has 1 aromatic rings. The van der Waals surface area contributed by atoms with Crippen LogP contribution in [0.15, 0.2) is 18.2 Å². The molecule has 2 saturated heterocycles. The zero-order valence-corrected chi connectivity index (χ0v) is 15.0. The van der Waals surface area contributed by atoms with Crippen molar-refractivity contribution < 1.29 is 13.2 Å². The Kier molecular flexibility index (Phi) is 5.20. The fraction of sp³-hybridized carbons (Fsp3) is 0.562. The van der Waals surface area contributed by atoms with Crippen LogP contribution in [0.25, 0.3) is 0 Å². The Morgan fingerprint density at radius 1 is 1.21 bits per heavy atom. The summed E-state index contributed by atoms with van der Waals surface area (Å²) in [6.07, 6.45) is 4.06. The third kappa shape index (κ3) is 4.33. The van der Waals surface area contributed by atoms with Gasteiger partial charge < -0.3 is 15.5 Å². The Bertz CT molecular complexity index is 717. The van der Waals surface area contributed by atoms with Crippen LogP contribution in [-0.4, -0.2) is 45.1 Å². The Morgan fingerprint density at radius 2 is 1.96 bits per heavy atom. The van der Waals surface area contributed by atoms with Crippen LogP contribution in [0.1, 0.15) is 25.7 Å². The standard InChI is InChI=1S/C16H22ClN3O3S/c17-14-10-12(4-5-15(14)20-7-2-1-3-8-20)18-16(21)19-13-6-9-24(22,23)11-13/h4-5,10,13H,1-3,6-9,11H2,(H2,18,19,21)/t13-/m0/s1. The summed E-state index contributed by atoms with van der Waals surface area (Å²) in [7, 11) is -3.01. The second kappa shape index (κ2) is 7.19. The summed E-state index contributed by atoms with van der Waals surface area (Å²) in [4.78, 5) is 14.3. The number of nitrogens with one attached hydrogen (secondary N) is 2. The number of hydrogen-bond acceptors (Lipinski definition) is 4. The number of carbonyl (C=O) groups is 1. The van der Waals surface area contributed by atoms with E-state index in [0.29, 0.717) is 17.1 Å². The van der Waals surface area contributed by atoms with Crippen LogP contribution in [0.3, 0.4) is 0 Å². The molecule has 1 atom stereocenters. The van der Waals surface area contributed by atoms with Gasteiger partial charge in [0.15, 0.2) is 9.84 Å². The minimum absolute atomic E-state index is 0.00900. The molecule has 8 heteroatoms. The van der Waals surface area contributed by atoms with Crippen LogP contribution in [0, 0.1) is 0 Å². The molecule has 2 heterocycles. The molecule has 0 spiro atoms. The number of piperidine rings is 1. The fourth-order valence-corrected chi connectivity index (χ4v) is 5.21. The molecule has 2 fully saturated rings. The number of sulfone groups is 1. The topological polar surface area (TPSA) is 78.5 Å². The third-order valence-electron chi connectivity index (χ3n) is 4.47. The van der Waals surface area contributed by atoms with Gasteiger partial charge in [0.25, 0.3) is 0 Å². The van der Waals surface area contributed by atoms with Crippen LogP contribution in [0.2, 0.25) is 5.02 Å². The van der Waals surface area contributed by atoms with Crippen LogP contribution < -0.4 is 15.5 Å². The summed E-state index contributed by atoms with van der Waals surface area (Å²) < 4.78 is 22.8. The van der Waals surface area contributed by atoms with E-state index < -0.39 is 15.9 Å². The van der Waals surface area contributed by atoms with Crippen molar-refractivity contribution in [1.29, 1.82) is 0 Å².